The van der Waals surface area contributed by atoms with Crippen LogP contribution in [0.3, 0.4) is 0 Å². The second kappa shape index (κ2) is 6.18. The van der Waals surface area contributed by atoms with Crippen molar-refractivity contribution in [2.24, 2.45) is 11.8 Å². The molecule has 5 heteroatoms. The maximum Gasteiger partial charge on any atom is 0.226 e. The average Bonchev–Trinajstić information content (AvgIpc) is 2.99. The molecule has 1 heterocycles. The standard InChI is InChI=1S/C13H22N2O3/c1-18-8-4-5-14-12(16)10-9-11(10)13(17)15-6-2-3-7-15/h10-11H,2-9H2,1H3,(H,14,16). The highest BCUT2D eigenvalue weighted by Gasteiger charge is 2.49. The van der Waals surface area contributed by atoms with Crippen LogP contribution in [0.25, 0.3) is 0 Å². The monoisotopic (exact) mass is 254 g/mol. The molecule has 1 aliphatic carbocycles. The molecule has 0 aromatic heterocycles. The van der Waals surface area contributed by atoms with Gasteiger partial charge in [-0.25, -0.2) is 0 Å². The molecular formula is C13H22N2O3. The van der Waals surface area contributed by atoms with Gasteiger partial charge in [-0.1, -0.05) is 0 Å². The van der Waals surface area contributed by atoms with Gasteiger partial charge in [0, 0.05) is 33.4 Å². The van der Waals surface area contributed by atoms with Crippen LogP contribution in [0.2, 0.25) is 0 Å². The number of carbonyl (C=O) groups is 2. The largest absolute Gasteiger partial charge is 0.385 e. The van der Waals surface area contributed by atoms with E-state index in [-0.39, 0.29) is 23.7 Å². The predicted molar refractivity (Wildman–Crippen MR) is 66.9 cm³/mol. The molecule has 1 N–H and O–H groups in total. The van der Waals surface area contributed by atoms with Crippen LogP contribution in [-0.4, -0.2) is 50.1 Å². The quantitative estimate of drug-likeness (QED) is 0.698. The Balaban J connectivity index is 1.66. The van der Waals surface area contributed by atoms with Gasteiger partial charge in [-0.15, -0.1) is 0 Å². The van der Waals surface area contributed by atoms with E-state index < -0.39 is 0 Å². The second-order valence-electron chi connectivity index (χ2n) is 5.12. The molecule has 2 atom stereocenters. The molecule has 0 spiro atoms. The Morgan fingerprint density at radius 2 is 2.00 bits per heavy atom. The molecule has 2 fully saturated rings. The van der Waals surface area contributed by atoms with Crippen molar-refractivity contribution in [1.82, 2.24) is 10.2 Å². The number of methoxy groups -OCH3 is 1. The number of likely N-dealkylation sites (tertiary alicyclic amines) is 1. The Bertz CT molecular complexity index is 313. The normalized spacial score (nSPS) is 26.2. The van der Waals surface area contributed by atoms with E-state index in [1.165, 1.54) is 0 Å². The first-order valence-electron chi connectivity index (χ1n) is 6.79. The van der Waals surface area contributed by atoms with Crippen molar-refractivity contribution in [2.45, 2.75) is 25.7 Å². The topological polar surface area (TPSA) is 58.6 Å². The molecule has 0 aromatic rings. The molecular weight excluding hydrogens is 232 g/mol. The van der Waals surface area contributed by atoms with E-state index in [0.717, 1.165) is 38.8 Å². The summed E-state index contributed by atoms with van der Waals surface area (Å²) in [6.45, 7) is 3.03. The van der Waals surface area contributed by atoms with Crippen molar-refractivity contribution in [3.63, 3.8) is 0 Å². The summed E-state index contributed by atoms with van der Waals surface area (Å²) >= 11 is 0. The van der Waals surface area contributed by atoms with E-state index in [1.54, 1.807) is 7.11 Å². The lowest BCUT2D eigenvalue weighted by Crippen LogP contribution is -2.32. The van der Waals surface area contributed by atoms with Gasteiger partial charge in [0.1, 0.15) is 0 Å². The summed E-state index contributed by atoms with van der Waals surface area (Å²) in [5.74, 6) is 0.0827. The molecule has 0 aromatic carbocycles. The molecule has 5 nitrogen and oxygen atoms in total. The first-order valence-corrected chi connectivity index (χ1v) is 6.79. The average molecular weight is 254 g/mol. The van der Waals surface area contributed by atoms with Gasteiger partial charge in [0.25, 0.3) is 0 Å². The third-order valence-electron chi connectivity index (χ3n) is 3.69. The molecule has 2 rings (SSSR count). The zero-order valence-corrected chi connectivity index (χ0v) is 11.0. The number of nitrogens with zero attached hydrogens (tertiary/aromatic N) is 1. The molecule has 2 aliphatic rings. The van der Waals surface area contributed by atoms with Gasteiger partial charge < -0.3 is 15.0 Å². The number of nitrogens with one attached hydrogen (secondary N) is 1. The van der Waals surface area contributed by atoms with E-state index in [1.807, 2.05) is 4.90 Å². The highest BCUT2D eigenvalue weighted by molar-refractivity contribution is 5.92. The van der Waals surface area contributed by atoms with Crippen LogP contribution in [0.4, 0.5) is 0 Å². The third-order valence-corrected chi connectivity index (χ3v) is 3.69. The van der Waals surface area contributed by atoms with Gasteiger partial charge in [-0.3, -0.25) is 9.59 Å². The summed E-state index contributed by atoms with van der Waals surface area (Å²) in [4.78, 5) is 25.7. The molecule has 18 heavy (non-hydrogen) atoms. The highest BCUT2D eigenvalue weighted by Crippen LogP contribution is 2.40. The van der Waals surface area contributed by atoms with Gasteiger partial charge in [-0.05, 0) is 25.7 Å². The maximum absolute atomic E-state index is 12.0. The first-order chi connectivity index (χ1) is 8.74. The Morgan fingerprint density at radius 1 is 1.28 bits per heavy atom. The van der Waals surface area contributed by atoms with Crippen LogP contribution < -0.4 is 5.32 Å². The van der Waals surface area contributed by atoms with Crippen molar-refractivity contribution in [3.8, 4) is 0 Å². The van der Waals surface area contributed by atoms with Crippen molar-refractivity contribution >= 4 is 11.8 Å². The van der Waals surface area contributed by atoms with Gasteiger partial charge in [-0.2, -0.15) is 0 Å². The zero-order valence-electron chi connectivity index (χ0n) is 11.0. The van der Waals surface area contributed by atoms with E-state index in [0.29, 0.717) is 13.2 Å². The van der Waals surface area contributed by atoms with Crippen molar-refractivity contribution < 1.29 is 14.3 Å². The van der Waals surface area contributed by atoms with Crippen LogP contribution in [0.15, 0.2) is 0 Å². The summed E-state index contributed by atoms with van der Waals surface area (Å²) in [6.07, 6.45) is 3.75. The number of hydrogen-bond donors (Lipinski definition) is 1. The van der Waals surface area contributed by atoms with Crippen LogP contribution in [-0.2, 0) is 14.3 Å². The van der Waals surface area contributed by atoms with Crippen molar-refractivity contribution in [1.29, 1.82) is 0 Å². The van der Waals surface area contributed by atoms with Gasteiger partial charge in [0.2, 0.25) is 11.8 Å². The van der Waals surface area contributed by atoms with Crippen LogP contribution in [0.5, 0.6) is 0 Å². The number of hydrogen-bond acceptors (Lipinski definition) is 3. The van der Waals surface area contributed by atoms with E-state index in [2.05, 4.69) is 5.32 Å². The second-order valence-corrected chi connectivity index (χ2v) is 5.12. The van der Waals surface area contributed by atoms with E-state index in [4.69, 9.17) is 4.74 Å². The summed E-state index contributed by atoms with van der Waals surface area (Å²) in [5, 5.41) is 2.87. The number of ether oxygens (including phenoxy) is 1. The molecule has 1 saturated heterocycles. The predicted octanol–water partition coefficient (Wildman–Crippen LogP) is 0.398. The lowest BCUT2D eigenvalue weighted by molar-refractivity contribution is -0.133. The third kappa shape index (κ3) is 3.22. The summed E-state index contributed by atoms with van der Waals surface area (Å²) in [6, 6.07) is 0. The zero-order chi connectivity index (χ0) is 13.0. The smallest absolute Gasteiger partial charge is 0.226 e. The Hall–Kier alpha value is -1.10. The van der Waals surface area contributed by atoms with Crippen molar-refractivity contribution in [2.75, 3.05) is 33.4 Å². The Morgan fingerprint density at radius 3 is 2.67 bits per heavy atom. The fourth-order valence-electron chi connectivity index (χ4n) is 2.49. The van der Waals surface area contributed by atoms with Crippen LogP contribution in [0.1, 0.15) is 25.7 Å². The molecule has 102 valence electrons. The maximum atomic E-state index is 12.0. The Kier molecular flexibility index (Phi) is 4.58. The van der Waals surface area contributed by atoms with Gasteiger partial charge in [0.15, 0.2) is 0 Å². The molecule has 0 radical (unpaired) electrons. The first kappa shape index (κ1) is 13.3. The van der Waals surface area contributed by atoms with Crippen LogP contribution >= 0.6 is 0 Å². The minimum absolute atomic E-state index is 0.0312. The number of amides is 2. The van der Waals surface area contributed by atoms with Gasteiger partial charge in [0.05, 0.1) is 11.8 Å². The fraction of sp³-hybridized carbons (Fsp3) is 0.846. The number of carbonyl (C=O) groups excluding carboxylic acids is 2. The SMILES string of the molecule is COCCCNC(=O)C1CC1C(=O)N1CCCC1. The van der Waals surface area contributed by atoms with E-state index in [9.17, 15) is 9.59 Å². The lowest BCUT2D eigenvalue weighted by atomic mass is 10.2. The number of rotatable bonds is 6. The molecule has 2 amide bonds. The lowest BCUT2D eigenvalue weighted by Gasteiger charge is -2.14. The summed E-state index contributed by atoms with van der Waals surface area (Å²) in [5.41, 5.74) is 0. The van der Waals surface area contributed by atoms with Crippen LogP contribution in [0, 0.1) is 11.8 Å². The highest BCUT2D eigenvalue weighted by atomic mass is 16.5. The fourth-order valence-corrected chi connectivity index (χ4v) is 2.49. The summed E-state index contributed by atoms with van der Waals surface area (Å²) in [7, 11) is 1.65. The molecule has 1 saturated carbocycles. The van der Waals surface area contributed by atoms with E-state index >= 15 is 0 Å². The van der Waals surface area contributed by atoms with Gasteiger partial charge >= 0.3 is 0 Å². The molecule has 1 aliphatic heterocycles. The molecule has 0 bridgehead atoms. The minimum atomic E-state index is -0.0827. The van der Waals surface area contributed by atoms with Crippen molar-refractivity contribution in [3.05, 3.63) is 0 Å². The molecule has 2 unspecified atom stereocenters. The Labute approximate surface area is 108 Å². The summed E-state index contributed by atoms with van der Waals surface area (Å²) < 4.78 is 4.91. The minimum Gasteiger partial charge on any atom is -0.385 e.